The van der Waals surface area contributed by atoms with E-state index in [0.29, 0.717) is 5.92 Å². The summed E-state index contributed by atoms with van der Waals surface area (Å²) in [5, 5.41) is 7.57. The van der Waals surface area contributed by atoms with Gasteiger partial charge in [0.1, 0.15) is 0 Å². The van der Waals surface area contributed by atoms with Crippen molar-refractivity contribution in [1.29, 1.82) is 5.41 Å². The molecule has 0 spiro atoms. The highest BCUT2D eigenvalue weighted by molar-refractivity contribution is 5.80. The summed E-state index contributed by atoms with van der Waals surface area (Å²) < 4.78 is 0. The third-order valence-electron chi connectivity index (χ3n) is 3.10. The van der Waals surface area contributed by atoms with Crippen LogP contribution in [0.4, 0.5) is 0 Å². The van der Waals surface area contributed by atoms with Gasteiger partial charge >= 0.3 is 0 Å². The van der Waals surface area contributed by atoms with E-state index in [2.05, 4.69) is 31.9 Å². The lowest BCUT2D eigenvalue weighted by Crippen LogP contribution is -2.07. The number of hydrogen-bond donors (Lipinski definition) is 1. The Morgan fingerprint density at radius 2 is 2.19 bits per heavy atom. The molecule has 0 aliphatic rings. The summed E-state index contributed by atoms with van der Waals surface area (Å²) in [5.41, 5.74) is 4.29. The van der Waals surface area contributed by atoms with Crippen LogP contribution in [0.5, 0.6) is 0 Å². The molecule has 1 nitrogen and oxygen atoms in total. The summed E-state index contributed by atoms with van der Waals surface area (Å²) in [6, 6.07) is 6.14. The highest BCUT2D eigenvalue weighted by Gasteiger charge is 2.06. The molecule has 1 aromatic carbocycles. The Bertz CT molecular complexity index is 424. The van der Waals surface area contributed by atoms with Crippen LogP contribution in [0.3, 0.4) is 0 Å². The molecule has 0 saturated heterocycles. The maximum Gasteiger partial charge on any atom is 0.0245 e. The molecule has 0 aromatic heterocycles. The molecular formula is C15H19N. The van der Waals surface area contributed by atoms with Crippen LogP contribution in [-0.4, -0.2) is 5.71 Å². The van der Waals surface area contributed by atoms with Crippen LogP contribution in [0.1, 0.15) is 37.0 Å². The summed E-state index contributed by atoms with van der Waals surface area (Å²) in [5.74, 6) is 3.02. The van der Waals surface area contributed by atoms with Gasteiger partial charge < -0.3 is 5.41 Å². The first-order valence-corrected chi connectivity index (χ1v) is 5.65. The Morgan fingerprint density at radius 1 is 1.50 bits per heavy atom. The first-order chi connectivity index (χ1) is 7.54. The Balaban J connectivity index is 2.74. The van der Waals surface area contributed by atoms with Gasteiger partial charge in [-0.3, -0.25) is 0 Å². The standard InChI is InChI=1S/C15H19N/c1-5-14-8-6-12(3)15(10-14)9-7-11(2)13(4)16/h1,6,8,10-11,16H,7,9H2,2-4H3/t11-/m0/s1. The van der Waals surface area contributed by atoms with E-state index < -0.39 is 0 Å². The fourth-order valence-corrected chi connectivity index (χ4v) is 1.62. The predicted molar refractivity (Wildman–Crippen MR) is 70.0 cm³/mol. The van der Waals surface area contributed by atoms with Crippen molar-refractivity contribution in [2.45, 2.75) is 33.6 Å². The third kappa shape index (κ3) is 3.24. The van der Waals surface area contributed by atoms with Crippen molar-refractivity contribution in [2.24, 2.45) is 5.92 Å². The van der Waals surface area contributed by atoms with Gasteiger partial charge in [-0.15, -0.1) is 6.42 Å². The maximum absolute atomic E-state index is 7.57. The van der Waals surface area contributed by atoms with Gasteiger partial charge in [0.15, 0.2) is 0 Å². The summed E-state index contributed by atoms with van der Waals surface area (Å²) in [7, 11) is 0. The van der Waals surface area contributed by atoms with Gasteiger partial charge in [-0.2, -0.15) is 0 Å². The molecule has 0 aliphatic heterocycles. The van der Waals surface area contributed by atoms with Crippen molar-refractivity contribution >= 4 is 5.71 Å². The number of terminal acetylenes is 1. The first-order valence-electron chi connectivity index (χ1n) is 5.65. The molecule has 1 atom stereocenters. The van der Waals surface area contributed by atoms with Crippen LogP contribution in [0.2, 0.25) is 0 Å². The topological polar surface area (TPSA) is 23.9 Å². The zero-order chi connectivity index (χ0) is 12.1. The largest absolute Gasteiger partial charge is 0.310 e. The molecule has 1 heteroatoms. The molecule has 0 radical (unpaired) electrons. The molecule has 0 fully saturated rings. The van der Waals surface area contributed by atoms with Gasteiger partial charge in [0.05, 0.1) is 0 Å². The molecule has 1 aromatic rings. The molecule has 0 aliphatic carbocycles. The van der Waals surface area contributed by atoms with Crippen molar-refractivity contribution in [2.75, 3.05) is 0 Å². The molecular weight excluding hydrogens is 194 g/mol. The Morgan fingerprint density at radius 3 is 2.75 bits per heavy atom. The minimum absolute atomic E-state index is 0.355. The van der Waals surface area contributed by atoms with Crippen molar-refractivity contribution < 1.29 is 0 Å². The Kier molecular flexibility index (Phi) is 4.31. The monoisotopic (exact) mass is 213 g/mol. The predicted octanol–water partition coefficient (Wildman–Crippen LogP) is 3.58. The molecule has 0 bridgehead atoms. The minimum atomic E-state index is 0.355. The van der Waals surface area contributed by atoms with Crippen LogP contribution in [0.25, 0.3) is 0 Å². The van der Waals surface area contributed by atoms with Gasteiger partial charge in [0.2, 0.25) is 0 Å². The van der Waals surface area contributed by atoms with Crippen LogP contribution in [0.15, 0.2) is 18.2 Å². The number of benzene rings is 1. The summed E-state index contributed by atoms with van der Waals surface area (Å²) >= 11 is 0. The van der Waals surface area contributed by atoms with Gasteiger partial charge in [-0.05, 0) is 55.9 Å². The average Bonchev–Trinajstić information content (AvgIpc) is 2.27. The van der Waals surface area contributed by atoms with E-state index in [1.807, 2.05) is 13.0 Å². The van der Waals surface area contributed by atoms with E-state index >= 15 is 0 Å². The van der Waals surface area contributed by atoms with Crippen molar-refractivity contribution in [3.63, 3.8) is 0 Å². The van der Waals surface area contributed by atoms with Gasteiger partial charge in [0, 0.05) is 11.3 Å². The van der Waals surface area contributed by atoms with Gasteiger partial charge in [0.25, 0.3) is 0 Å². The minimum Gasteiger partial charge on any atom is -0.310 e. The number of aryl methyl sites for hydroxylation is 2. The second-order valence-electron chi connectivity index (χ2n) is 4.41. The number of rotatable bonds is 4. The molecule has 0 heterocycles. The van der Waals surface area contributed by atoms with E-state index in [1.54, 1.807) is 0 Å². The zero-order valence-electron chi connectivity index (χ0n) is 10.3. The lowest BCUT2D eigenvalue weighted by molar-refractivity contribution is 0.674. The van der Waals surface area contributed by atoms with E-state index in [4.69, 9.17) is 11.8 Å². The summed E-state index contributed by atoms with van der Waals surface area (Å²) in [6.45, 7) is 6.08. The fourth-order valence-electron chi connectivity index (χ4n) is 1.62. The highest BCUT2D eigenvalue weighted by Crippen LogP contribution is 2.16. The Labute approximate surface area is 98.4 Å². The second-order valence-corrected chi connectivity index (χ2v) is 4.41. The molecule has 0 unspecified atom stereocenters. The quantitative estimate of drug-likeness (QED) is 0.584. The Hall–Kier alpha value is -1.55. The van der Waals surface area contributed by atoms with E-state index in [9.17, 15) is 0 Å². The third-order valence-corrected chi connectivity index (χ3v) is 3.10. The van der Waals surface area contributed by atoms with Crippen molar-refractivity contribution in [3.8, 4) is 12.3 Å². The van der Waals surface area contributed by atoms with E-state index in [0.717, 1.165) is 24.1 Å². The SMILES string of the molecule is C#Cc1ccc(C)c(CC[C@H](C)C(C)=N)c1. The van der Waals surface area contributed by atoms with E-state index in [1.165, 1.54) is 11.1 Å². The molecule has 84 valence electrons. The number of nitrogens with one attached hydrogen (secondary N) is 1. The molecule has 16 heavy (non-hydrogen) atoms. The van der Waals surface area contributed by atoms with Crippen molar-refractivity contribution in [1.82, 2.24) is 0 Å². The second kappa shape index (κ2) is 5.51. The number of hydrogen-bond acceptors (Lipinski definition) is 1. The van der Waals surface area contributed by atoms with E-state index in [-0.39, 0.29) is 0 Å². The molecule has 0 amide bonds. The maximum atomic E-state index is 7.57. The van der Waals surface area contributed by atoms with Crippen LogP contribution < -0.4 is 0 Å². The van der Waals surface area contributed by atoms with Crippen LogP contribution >= 0.6 is 0 Å². The molecule has 1 rings (SSSR count). The fraction of sp³-hybridized carbons (Fsp3) is 0.400. The lowest BCUT2D eigenvalue weighted by Gasteiger charge is -2.11. The van der Waals surface area contributed by atoms with Crippen LogP contribution in [-0.2, 0) is 6.42 Å². The average molecular weight is 213 g/mol. The summed E-state index contributed by atoms with van der Waals surface area (Å²) in [4.78, 5) is 0. The lowest BCUT2D eigenvalue weighted by atomic mass is 9.94. The molecule has 1 N–H and O–H groups in total. The van der Waals surface area contributed by atoms with Gasteiger partial charge in [-0.1, -0.05) is 18.9 Å². The van der Waals surface area contributed by atoms with Gasteiger partial charge in [-0.25, -0.2) is 0 Å². The smallest absolute Gasteiger partial charge is 0.0245 e. The van der Waals surface area contributed by atoms with Crippen molar-refractivity contribution in [3.05, 3.63) is 34.9 Å². The highest BCUT2D eigenvalue weighted by atomic mass is 14.4. The molecule has 0 saturated carbocycles. The zero-order valence-corrected chi connectivity index (χ0v) is 10.3. The first kappa shape index (κ1) is 12.5. The summed E-state index contributed by atoms with van der Waals surface area (Å²) in [6.07, 6.45) is 7.41. The van der Waals surface area contributed by atoms with Crippen LogP contribution in [0, 0.1) is 30.6 Å². The normalized spacial score (nSPS) is 11.9.